The first-order valence-corrected chi connectivity index (χ1v) is 7.19. The van der Waals surface area contributed by atoms with Crippen molar-refractivity contribution in [3.63, 3.8) is 0 Å². The lowest BCUT2D eigenvalue weighted by Gasteiger charge is -2.37. The van der Waals surface area contributed by atoms with Crippen LogP contribution in [0.5, 0.6) is 0 Å². The molecule has 2 aliphatic rings. The molecule has 5 nitrogen and oxygen atoms in total. The first kappa shape index (κ1) is 14.5. The van der Waals surface area contributed by atoms with Crippen LogP contribution in [0.2, 0.25) is 0 Å². The summed E-state index contributed by atoms with van der Waals surface area (Å²) in [6, 6.07) is 0. The number of carbonyl (C=O) groups excluding carboxylic acids is 2. The van der Waals surface area contributed by atoms with E-state index in [1.54, 1.807) is 0 Å². The summed E-state index contributed by atoms with van der Waals surface area (Å²) in [5.41, 5.74) is -0.0158. The van der Waals surface area contributed by atoms with Crippen molar-refractivity contribution in [2.45, 2.75) is 44.9 Å². The van der Waals surface area contributed by atoms with Gasteiger partial charge in [0.05, 0.1) is 13.2 Å². The first-order valence-electron chi connectivity index (χ1n) is 7.19. The third kappa shape index (κ3) is 3.54. The van der Waals surface area contributed by atoms with Gasteiger partial charge in [0.2, 0.25) is 11.8 Å². The number of nitrogens with zero attached hydrogens (tertiary/aromatic N) is 1. The van der Waals surface area contributed by atoms with Crippen molar-refractivity contribution in [2.24, 2.45) is 5.41 Å². The highest BCUT2D eigenvalue weighted by atomic mass is 16.5. The van der Waals surface area contributed by atoms with Gasteiger partial charge in [0, 0.05) is 26.0 Å². The molecule has 19 heavy (non-hydrogen) atoms. The van der Waals surface area contributed by atoms with Crippen molar-refractivity contribution in [1.29, 1.82) is 0 Å². The zero-order valence-corrected chi connectivity index (χ0v) is 11.4. The number of hydrogen-bond donors (Lipinski definition) is 1. The number of aliphatic hydroxyl groups is 1. The summed E-state index contributed by atoms with van der Waals surface area (Å²) in [7, 11) is 0. The average Bonchev–Trinajstić information content (AvgIpc) is 2.80. The van der Waals surface area contributed by atoms with E-state index in [9.17, 15) is 9.59 Å². The lowest BCUT2D eigenvalue weighted by molar-refractivity contribution is -0.153. The van der Waals surface area contributed by atoms with Crippen LogP contribution in [-0.2, 0) is 14.3 Å². The maximum Gasteiger partial charge on any atom is 0.229 e. The van der Waals surface area contributed by atoms with Crippen molar-refractivity contribution < 1.29 is 19.4 Å². The van der Waals surface area contributed by atoms with E-state index >= 15 is 0 Å². The fourth-order valence-corrected chi connectivity index (χ4v) is 3.25. The fourth-order valence-electron chi connectivity index (χ4n) is 3.25. The van der Waals surface area contributed by atoms with Gasteiger partial charge >= 0.3 is 0 Å². The Kier molecular flexibility index (Phi) is 4.93. The predicted molar refractivity (Wildman–Crippen MR) is 69.4 cm³/mol. The van der Waals surface area contributed by atoms with Crippen LogP contribution in [0, 0.1) is 5.41 Å². The van der Waals surface area contributed by atoms with Gasteiger partial charge in [0.15, 0.2) is 0 Å². The fraction of sp³-hybridized carbons (Fsp3) is 0.857. The molecule has 1 N–H and O–H groups in total. The minimum atomic E-state index is -0.0158. The topological polar surface area (TPSA) is 66.8 Å². The highest BCUT2D eigenvalue weighted by molar-refractivity contribution is 5.98. The van der Waals surface area contributed by atoms with Crippen LogP contribution in [0.3, 0.4) is 0 Å². The Labute approximate surface area is 113 Å². The monoisotopic (exact) mass is 269 g/mol. The van der Waals surface area contributed by atoms with Gasteiger partial charge in [-0.15, -0.1) is 0 Å². The molecule has 0 atom stereocenters. The summed E-state index contributed by atoms with van der Waals surface area (Å²) in [5, 5.41) is 8.57. The van der Waals surface area contributed by atoms with Crippen molar-refractivity contribution in [3.8, 4) is 0 Å². The molecule has 1 aliphatic carbocycles. The molecule has 0 aromatic rings. The summed E-state index contributed by atoms with van der Waals surface area (Å²) < 4.78 is 5.14. The van der Waals surface area contributed by atoms with Gasteiger partial charge < -0.3 is 9.84 Å². The average molecular weight is 269 g/mol. The molecule has 5 heteroatoms. The summed E-state index contributed by atoms with van der Waals surface area (Å²) in [6.07, 6.45) is 6.07. The molecule has 0 aromatic carbocycles. The smallest absolute Gasteiger partial charge is 0.229 e. The van der Waals surface area contributed by atoms with E-state index < -0.39 is 0 Å². The Morgan fingerprint density at radius 3 is 2.32 bits per heavy atom. The highest BCUT2D eigenvalue weighted by Gasteiger charge is 2.44. The molecule has 2 rings (SSSR count). The molecule has 1 heterocycles. The molecular weight excluding hydrogens is 246 g/mol. The van der Waals surface area contributed by atoms with Gasteiger partial charge in [0.1, 0.15) is 0 Å². The Morgan fingerprint density at radius 1 is 1.11 bits per heavy atom. The Morgan fingerprint density at radius 2 is 1.74 bits per heavy atom. The summed E-state index contributed by atoms with van der Waals surface area (Å²) in [5.74, 6) is -0.0272. The van der Waals surface area contributed by atoms with Crippen LogP contribution >= 0.6 is 0 Å². The molecule has 2 fully saturated rings. The summed E-state index contributed by atoms with van der Waals surface area (Å²) in [6.45, 7) is 1.23. The number of amides is 2. The number of aliphatic hydroxyl groups excluding tert-OH is 1. The number of likely N-dealkylation sites (tertiary alicyclic amines) is 1. The van der Waals surface area contributed by atoms with E-state index in [1.807, 2.05) is 0 Å². The van der Waals surface area contributed by atoms with Gasteiger partial charge in [-0.2, -0.15) is 0 Å². The van der Waals surface area contributed by atoms with E-state index in [0.29, 0.717) is 39.0 Å². The highest BCUT2D eigenvalue weighted by Crippen LogP contribution is 2.46. The number of carbonyl (C=O) groups is 2. The molecule has 0 bridgehead atoms. The zero-order valence-electron chi connectivity index (χ0n) is 11.4. The SMILES string of the molecule is O=C1CC2(CCCC2)CC(=O)N1CCCOCCO. The van der Waals surface area contributed by atoms with Crippen LogP contribution in [-0.4, -0.2) is 48.2 Å². The minimum Gasteiger partial charge on any atom is -0.394 e. The lowest BCUT2D eigenvalue weighted by atomic mass is 9.76. The summed E-state index contributed by atoms with van der Waals surface area (Å²) >= 11 is 0. The quantitative estimate of drug-likeness (QED) is 0.579. The van der Waals surface area contributed by atoms with E-state index in [-0.39, 0.29) is 23.8 Å². The Balaban J connectivity index is 1.79. The third-order valence-corrected chi connectivity index (χ3v) is 4.22. The largest absolute Gasteiger partial charge is 0.394 e. The number of rotatable bonds is 6. The Bertz CT molecular complexity index is 316. The zero-order chi connectivity index (χ0) is 13.7. The van der Waals surface area contributed by atoms with E-state index in [4.69, 9.17) is 9.84 Å². The van der Waals surface area contributed by atoms with E-state index in [1.165, 1.54) is 4.90 Å². The van der Waals surface area contributed by atoms with Gasteiger partial charge in [0.25, 0.3) is 0 Å². The Hall–Kier alpha value is -0.940. The van der Waals surface area contributed by atoms with Crippen molar-refractivity contribution in [3.05, 3.63) is 0 Å². The molecule has 1 saturated heterocycles. The standard InChI is InChI=1S/C14H23NO4/c16-7-9-19-8-3-6-15-12(17)10-14(11-13(15)18)4-1-2-5-14/h16H,1-11H2. The van der Waals surface area contributed by atoms with Gasteiger partial charge in [-0.1, -0.05) is 12.8 Å². The van der Waals surface area contributed by atoms with Crippen LogP contribution in [0.1, 0.15) is 44.9 Å². The second kappa shape index (κ2) is 6.48. The van der Waals surface area contributed by atoms with Gasteiger partial charge in [-0.05, 0) is 24.7 Å². The molecule has 1 saturated carbocycles. The molecule has 0 aromatic heterocycles. The van der Waals surface area contributed by atoms with Crippen molar-refractivity contribution >= 4 is 11.8 Å². The molecule has 108 valence electrons. The van der Waals surface area contributed by atoms with Crippen LogP contribution < -0.4 is 0 Å². The molecular formula is C14H23NO4. The lowest BCUT2D eigenvalue weighted by Crippen LogP contribution is -2.47. The molecule has 1 spiro atoms. The number of ether oxygens (including phenoxy) is 1. The van der Waals surface area contributed by atoms with E-state index in [2.05, 4.69) is 0 Å². The van der Waals surface area contributed by atoms with Crippen LogP contribution in [0.4, 0.5) is 0 Å². The second-order valence-corrected chi connectivity index (χ2v) is 5.69. The summed E-state index contributed by atoms with van der Waals surface area (Å²) in [4.78, 5) is 25.6. The van der Waals surface area contributed by atoms with Gasteiger partial charge in [-0.3, -0.25) is 14.5 Å². The maximum absolute atomic E-state index is 12.1. The normalized spacial score (nSPS) is 22.5. The third-order valence-electron chi connectivity index (χ3n) is 4.22. The minimum absolute atomic E-state index is 0.00406. The second-order valence-electron chi connectivity index (χ2n) is 5.69. The predicted octanol–water partition coefficient (Wildman–Crippen LogP) is 1.09. The van der Waals surface area contributed by atoms with Crippen LogP contribution in [0.25, 0.3) is 0 Å². The maximum atomic E-state index is 12.1. The molecule has 1 aliphatic heterocycles. The number of hydrogen-bond acceptors (Lipinski definition) is 4. The van der Waals surface area contributed by atoms with Gasteiger partial charge in [-0.25, -0.2) is 0 Å². The molecule has 0 unspecified atom stereocenters. The molecule has 0 radical (unpaired) electrons. The molecule has 2 amide bonds. The van der Waals surface area contributed by atoms with Crippen LogP contribution in [0.15, 0.2) is 0 Å². The van der Waals surface area contributed by atoms with Crippen molar-refractivity contribution in [2.75, 3.05) is 26.4 Å². The van der Waals surface area contributed by atoms with Crippen molar-refractivity contribution in [1.82, 2.24) is 4.90 Å². The number of piperidine rings is 1. The van der Waals surface area contributed by atoms with E-state index in [0.717, 1.165) is 25.7 Å². The number of imide groups is 1. The first-order chi connectivity index (χ1) is 9.17.